The topological polar surface area (TPSA) is 78.1 Å². The van der Waals surface area contributed by atoms with Crippen molar-refractivity contribution >= 4 is 22.8 Å². The second-order valence-corrected chi connectivity index (χ2v) is 3.45. The minimum Gasteiger partial charge on any atom is -0.465 e. The van der Waals surface area contributed by atoms with E-state index < -0.39 is 6.09 Å². The van der Waals surface area contributed by atoms with E-state index in [1.807, 2.05) is 29.6 Å². The highest BCUT2D eigenvalue weighted by Gasteiger charge is 2.11. The van der Waals surface area contributed by atoms with Gasteiger partial charge in [-0.1, -0.05) is 18.2 Å². The molecular formula is C11H11N3O2. The van der Waals surface area contributed by atoms with Crippen molar-refractivity contribution in [3.8, 4) is 0 Å². The first-order valence-corrected chi connectivity index (χ1v) is 4.73. The highest BCUT2D eigenvalue weighted by atomic mass is 16.4. The number of nitrogens with zero attached hydrogens (tertiary/aromatic N) is 1. The number of nitrogens with one attached hydrogen (secondary N) is 2. The molecule has 0 fully saturated rings. The molecule has 2 aromatic rings. The molecule has 3 N–H and O–H groups in total. The number of para-hydroxylation sites is 1. The van der Waals surface area contributed by atoms with Gasteiger partial charge < -0.3 is 9.67 Å². The zero-order valence-electron chi connectivity index (χ0n) is 8.69. The van der Waals surface area contributed by atoms with E-state index in [1.165, 1.54) is 0 Å². The van der Waals surface area contributed by atoms with Gasteiger partial charge in [-0.15, -0.1) is 0 Å². The molecule has 5 nitrogen and oxygen atoms in total. The minimum absolute atomic E-state index is 0.119. The van der Waals surface area contributed by atoms with Crippen LogP contribution in [0.2, 0.25) is 0 Å². The van der Waals surface area contributed by atoms with Gasteiger partial charge in [0.2, 0.25) is 0 Å². The number of hydrogen-bond acceptors (Lipinski definition) is 2. The molecule has 0 aliphatic rings. The third kappa shape index (κ3) is 1.63. The van der Waals surface area contributed by atoms with E-state index in [2.05, 4.69) is 0 Å². The maximum absolute atomic E-state index is 10.4. The number of amidine groups is 1. The van der Waals surface area contributed by atoms with E-state index in [0.717, 1.165) is 10.9 Å². The van der Waals surface area contributed by atoms with Crippen molar-refractivity contribution in [1.29, 1.82) is 5.41 Å². The first-order valence-electron chi connectivity index (χ1n) is 4.73. The molecule has 1 aromatic carbocycles. The Morgan fingerprint density at radius 1 is 1.44 bits per heavy atom. The van der Waals surface area contributed by atoms with Crippen LogP contribution in [0, 0.1) is 5.41 Å². The Morgan fingerprint density at radius 3 is 2.75 bits per heavy atom. The van der Waals surface area contributed by atoms with Crippen molar-refractivity contribution in [3.05, 3.63) is 36.0 Å². The lowest BCUT2D eigenvalue weighted by molar-refractivity contribution is 0.200. The number of aryl methyl sites for hydroxylation is 1. The monoisotopic (exact) mass is 217 g/mol. The van der Waals surface area contributed by atoms with Crippen LogP contribution in [-0.4, -0.2) is 21.6 Å². The Labute approximate surface area is 91.8 Å². The predicted octanol–water partition coefficient (Wildman–Crippen LogP) is 1.77. The number of carboxylic acid groups (broad SMARTS) is 1. The summed E-state index contributed by atoms with van der Waals surface area (Å²) in [5.74, 6) is -0.119. The average molecular weight is 217 g/mol. The minimum atomic E-state index is -1.23. The number of carbonyl (C=O) groups is 1. The molecule has 2 rings (SSSR count). The zero-order valence-corrected chi connectivity index (χ0v) is 8.69. The molecule has 82 valence electrons. The number of amides is 1. The lowest BCUT2D eigenvalue weighted by Crippen LogP contribution is -2.30. The van der Waals surface area contributed by atoms with E-state index in [4.69, 9.17) is 10.5 Å². The third-order valence-corrected chi connectivity index (χ3v) is 2.44. The Kier molecular flexibility index (Phi) is 2.36. The van der Waals surface area contributed by atoms with Crippen LogP contribution in [-0.2, 0) is 7.05 Å². The molecule has 0 aliphatic heterocycles. The summed E-state index contributed by atoms with van der Waals surface area (Å²) in [6.45, 7) is 0. The summed E-state index contributed by atoms with van der Waals surface area (Å²) in [7, 11) is 1.80. The summed E-state index contributed by atoms with van der Waals surface area (Å²) < 4.78 is 1.79. The van der Waals surface area contributed by atoms with E-state index in [0.29, 0.717) is 5.69 Å². The molecule has 0 bridgehead atoms. The van der Waals surface area contributed by atoms with Gasteiger partial charge in [-0.25, -0.2) is 4.79 Å². The second kappa shape index (κ2) is 3.69. The van der Waals surface area contributed by atoms with Crippen LogP contribution < -0.4 is 5.32 Å². The van der Waals surface area contributed by atoms with Gasteiger partial charge in [0, 0.05) is 18.0 Å². The number of fused-ring (bicyclic) bond motifs is 1. The molecule has 0 spiro atoms. The number of benzene rings is 1. The fraction of sp³-hybridized carbons (Fsp3) is 0.0909. The fourth-order valence-corrected chi connectivity index (χ4v) is 1.70. The summed E-state index contributed by atoms with van der Waals surface area (Å²) in [6.07, 6.45) is -1.23. The Hall–Kier alpha value is -2.30. The lowest BCUT2D eigenvalue weighted by atomic mass is 10.2. The van der Waals surface area contributed by atoms with Crippen LogP contribution in [0.15, 0.2) is 30.3 Å². The molecule has 0 saturated carbocycles. The van der Waals surface area contributed by atoms with Gasteiger partial charge in [0.25, 0.3) is 0 Å². The molecule has 0 atom stereocenters. The van der Waals surface area contributed by atoms with Gasteiger partial charge in [0.15, 0.2) is 5.84 Å². The summed E-state index contributed by atoms with van der Waals surface area (Å²) in [5.41, 5.74) is 1.51. The van der Waals surface area contributed by atoms with Crippen LogP contribution in [0.3, 0.4) is 0 Å². The molecule has 0 aliphatic carbocycles. The van der Waals surface area contributed by atoms with Gasteiger partial charge in [-0.05, 0) is 12.1 Å². The van der Waals surface area contributed by atoms with Crippen molar-refractivity contribution in [2.24, 2.45) is 7.05 Å². The molecule has 1 aromatic heterocycles. The Bertz CT molecular complexity index is 572. The van der Waals surface area contributed by atoms with E-state index in [-0.39, 0.29) is 5.84 Å². The second-order valence-electron chi connectivity index (χ2n) is 3.45. The molecule has 16 heavy (non-hydrogen) atoms. The van der Waals surface area contributed by atoms with Crippen LogP contribution in [0.1, 0.15) is 5.69 Å². The summed E-state index contributed by atoms with van der Waals surface area (Å²) in [4.78, 5) is 10.4. The average Bonchev–Trinajstić information content (AvgIpc) is 2.56. The van der Waals surface area contributed by atoms with Gasteiger partial charge >= 0.3 is 6.09 Å². The van der Waals surface area contributed by atoms with Crippen molar-refractivity contribution in [3.63, 3.8) is 0 Å². The first-order chi connectivity index (χ1) is 7.59. The predicted molar refractivity (Wildman–Crippen MR) is 60.9 cm³/mol. The van der Waals surface area contributed by atoms with E-state index in [1.54, 1.807) is 17.7 Å². The van der Waals surface area contributed by atoms with Gasteiger partial charge in [0.1, 0.15) is 0 Å². The van der Waals surface area contributed by atoms with Crippen LogP contribution in [0.25, 0.3) is 10.9 Å². The summed E-state index contributed by atoms with van der Waals surface area (Å²) >= 11 is 0. The lowest BCUT2D eigenvalue weighted by Gasteiger charge is -2.04. The maximum atomic E-state index is 10.4. The van der Waals surface area contributed by atoms with E-state index >= 15 is 0 Å². The third-order valence-electron chi connectivity index (χ3n) is 2.44. The van der Waals surface area contributed by atoms with Crippen LogP contribution in [0.5, 0.6) is 0 Å². The molecule has 0 unspecified atom stereocenters. The Morgan fingerprint density at radius 2 is 2.12 bits per heavy atom. The van der Waals surface area contributed by atoms with Gasteiger partial charge in [-0.3, -0.25) is 10.7 Å². The Balaban J connectivity index is 2.49. The summed E-state index contributed by atoms with van der Waals surface area (Å²) in [6, 6.07) is 9.44. The normalized spacial score (nSPS) is 10.3. The van der Waals surface area contributed by atoms with Crippen molar-refractivity contribution < 1.29 is 9.90 Å². The van der Waals surface area contributed by atoms with Crippen molar-refractivity contribution in [2.75, 3.05) is 0 Å². The van der Waals surface area contributed by atoms with Gasteiger partial charge in [-0.2, -0.15) is 0 Å². The smallest absolute Gasteiger partial charge is 0.410 e. The summed E-state index contributed by atoms with van der Waals surface area (Å²) in [5, 5.41) is 19.2. The van der Waals surface area contributed by atoms with Crippen LogP contribution in [0.4, 0.5) is 4.79 Å². The molecule has 5 heteroatoms. The molecule has 0 saturated heterocycles. The fourth-order valence-electron chi connectivity index (χ4n) is 1.70. The van der Waals surface area contributed by atoms with Gasteiger partial charge in [0.05, 0.1) is 5.69 Å². The number of hydrogen-bond donors (Lipinski definition) is 3. The largest absolute Gasteiger partial charge is 0.465 e. The SMILES string of the molecule is Cn1c(C(=N)NC(=O)O)cc2ccccc21. The first kappa shape index (κ1) is 10.2. The molecular weight excluding hydrogens is 206 g/mol. The zero-order chi connectivity index (χ0) is 11.7. The maximum Gasteiger partial charge on any atom is 0.410 e. The van der Waals surface area contributed by atoms with Crippen molar-refractivity contribution in [1.82, 2.24) is 9.88 Å². The quantitative estimate of drug-likeness (QED) is 0.502. The highest BCUT2D eigenvalue weighted by molar-refractivity contribution is 6.06. The highest BCUT2D eigenvalue weighted by Crippen LogP contribution is 2.17. The van der Waals surface area contributed by atoms with E-state index in [9.17, 15) is 4.79 Å². The number of rotatable bonds is 1. The standard InChI is InChI=1S/C11H11N3O2/c1-14-8-5-3-2-4-7(8)6-9(14)10(12)13-11(15)16/h2-6H,1H3,(H2,12,13)(H,15,16). The van der Waals surface area contributed by atoms with Crippen LogP contribution >= 0.6 is 0 Å². The molecule has 0 radical (unpaired) electrons. The van der Waals surface area contributed by atoms with Crippen molar-refractivity contribution in [2.45, 2.75) is 0 Å². The molecule has 1 amide bonds. The molecule has 1 heterocycles. The number of aromatic nitrogens is 1.